The van der Waals surface area contributed by atoms with Crippen LogP contribution in [0.15, 0.2) is 71.1 Å². The van der Waals surface area contributed by atoms with Gasteiger partial charge in [0.25, 0.3) is 10.0 Å². The van der Waals surface area contributed by atoms with Crippen molar-refractivity contribution in [3.8, 4) is 0 Å². The van der Waals surface area contributed by atoms with Gasteiger partial charge in [-0.3, -0.25) is 4.72 Å². The van der Waals surface area contributed by atoms with Crippen LogP contribution in [0.25, 0.3) is 21.0 Å². The minimum atomic E-state index is -3.66. The molecular weight excluding hydrogens is 328 g/mol. The lowest BCUT2D eigenvalue weighted by atomic mass is 10.1. The van der Waals surface area contributed by atoms with Crippen LogP contribution in [0.5, 0.6) is 0 Å². The van der Waals surface area contributed by atoms with Crippen LogP contribution in [0.4, 0.5) is 5.69 Å². The summed E-state index contributed by atoms with van der Waals surface area (Å²) in [6, 6.07) is 18.1. The van der Waals surface area contributed by atoms with Gasteiger partial charge in [0, 0.05) is 5.39 Å². The molecule has 0 unspecified atom stereocenters. The van der Waals surface area contributed by atoms with Crippen molar-refractivity contribution in [1.82, 2.24) is 4.98 Å². The molecule has 6 heteroatoms. The first kappa shape index (κ1) is 14.2. The molecule has 0 saturated carbocycles. The molecule has 0 spiro atoms. The fraction of sp³-hybridized carbons (Fsp3) is 0. The Hall–Kier alpha value is -2.44. The summed E-state index contributed by atoms with van der Waals surface area (Å²) in [5, 5.41) is 1.61. The number of sulfonamides is 1. The van der Waals surface area contributed by atoms with Gasteiger partial charge in [-0.05, 0) is 29.7 Å². The number of hydrogen-bond acceptors (Lipinski definition) is 4. The number of benzene rings is 3. The second-order valence-electron chi connectivity index (χ2n) is 5.12. The molecule has 1 N–H and O–H groups in total. The lowest BCUT2D eigenvalue weighted by Gasteiger charge is -2.10. The second-order valence-corrected chi connectivity index (χ2v) is 7.65. The number of hydrogen-bond donors (Lipinski definition) is 1. The lowest BCUT2D eigenvalue weighted by molar-refractivity contribution is 0.602. The average molecular weight is 340 g/mol. The summed E-state index contributed by atoms with van der Waals surface area (Å²) in [5.74, 6) is 0. The van der Waals surface area contributed by atoms with Crippen molar-refractivity contribution >= 4 is 48.0 Å². The van der Waals surface area contributed by atoms with E-state index in [2.05, 4.69) is 9.71 Å². The minimum absolute atomic E-state index is 0.278. The Morgan fingerprint density at radius 2 is 1.78 bits per heavy atom. The predicted molar refractivity (Wildman–Crippen MR) is 94.4 cm³/mol. The van der Waals surface area contributed by atoms with Crippen LogP contribution in [0.3, 0.4) is 0 Å². The molecule has 0 bridgehead atoms. The van der Waals surface area contributed by atoms with Gasteiger partial charge < -0.3 is 0 Å². The molecule has 0 aliphatic carbocycles. The van der Waals surface area contributed by atoms with Crippen LogP contribution in [-0.4, -0.2) is 13.4 Å². The van der Waals surface area contributed by atoms with Crippen LogP contribution in [0.2, 0.25) is 0 Å². The van der Waals surface area contributed by atoms with Gasteiger partial charge in [0.2, 0.25) is 0 Å². The normalized spacial score (nSPS) is 11.8. The smallest absolute Gasteiger partial charge is 0.262 e. The molecule has 0 aliphatic rings. The van der Waals surface area contributed by atoms with E-state index in [0.29, 0.717) is 11.1 Å². The molecule has 0 amide bonds. The molecule has 4 rings (SSSR count). The van der Waals surface area contributed by atoms with Gasteiger partial charge >= 0.3 is 0 Å². The number of rotatable bonds is 3. The zero-order valence-corrected chi connectivity index (χ0v) is 13.6. The predicted octanol–water partition coefficient (Wildman–Crippen LogP) is 4.25. The van der Waals surface area contributed by atoms with Crippen LogP contribution >= 0.6 is 11.3 Å². The second kappa shape index (κ2) is 5.33. The van der Waals surface area contributed by atoms with Crippen molar-refractivity contribution in [2.45, 2.75) is 4.90 Å². The van der Waals surface area contributed by atoms with Gasteiger partial charge in [-0.2, -0.15) is 0 Å². The van der Waals surface area contributed by atoms with Gasteiger partial charge in [-0.1, -0.05) is 36.4 Å². The van der Waals surface area contributed by atoms with Crippen molar-refractivity contribution in [3.05, 3.63) is 66.2 Å². The fourth-order valence-corrected chi connectivity index (χ4v) is 4.56. The lowest BCUT2D eigenvalue weighted by Crippen LogP contribution is -2.13. The molecule has 0 fully saturated rings. The Morgan fingerprint density at radius 3 is 2.70 bits per heavy atom. The topological polar surface area (TPSA) is 59.1 Å². The van der Waals surface area contributed by atoms with Crippen LogP contribution in [0.1, 0.15) is 0 Å². The molecule has 4 nitrogen and oxygen atoms in total. The summed E-state index contributed by atoms with van der Waals surface area (Å²) >= 11 is 1.48. The summed E-state index contributed by atoms with van der Waals surface area (Å²) in [6.45, 7) is 0. The number of fused-ring (bicyclic) bond motifs is 2. The van der Waals surface area contributed by atoms with Crippen LogP contribution in [-0.2, 0) is 10.0 Å². The van der Waals surface area contributed by atoms with E-state index in [9.17, 15) is 8.42 Å². The van der Waals surface area contributed by atoms with Gasteiger partial charge in [-0.15, -0.1) is 11.3 Å². The summed E-state index contributed by atoms with van der Waals surface area (Å²) in [4.78, 5) is 4.47. The van der Waals surface area contributed by atoms with E-state index in [0.717, 1.165) is 15.6 Å². The van der Waals surface area contributed by atoms with E-state index < -0.39 is 10.0 Å². The van der Waals surface area contributed by atoms with Gasteiger partial charge in [0.15, 0.2) is 0 Å². The van der Waals surface area contributed by atoms with Crippen molar-refractivity contribution in [2.24, 2.45) is 0 Å². The molecule has 1 aromatic heterocycles. The highest BCUT2D eigenvalue weighted by Crippen LogP contribution is 2.27. The monoisotopic (exact) mass is 340 g/mol. The van der Waals surface area contributed by atoms with E-state index in [1.807, 2.05) is 36.4 Å². The number of nitrogens with one attached hydrogen (secondary N) is 1. The van der Waals surface area contributed by atoms with Gasteiger partial charge in [-0.25, -0.2) is 13.4 Å². The van der Waals surface area contributed by atoms with Crippen LogP contribution in [0, 0.1) is 0 Å². The standard InChI is InChI=1S/C17H12N2O2S2/c20-23(21,17-7-3-5-12-4-1-2-6-14(12)17)19-13-8-9-15-16(10-13)22-11-18-15/h1-11,19H. The van der Waals surface area contributed by atoms with E-state index >= 15 is 0 Å². The average Bonchev–Trinajstić information content (AvgIpc) is 3.01. The first-order valence-electron chi connectivity index (χ1n) is 6.97. The highest BCUT2D eigenvalue weighted by atomic mass is 32.2. The van der Waals surface area contributed by atoms with E-state index in [1.165, 1.54) is 11.3 Å². The molecular formula is C17H12N2O2S2. The third-order valence-corrected chi connectivity index (χ3v) is 5.85. The number of thiazole rings is 1. The molecule has 0 radical (unpaired) electrons. The van der Waals surface area contributed by atoms with Crippen molar-refractivity contribution in [1.29, 1.82) is 0 Å². The Morgan fingerprint density at radius 1 is 0.957 bits per heavy atom. The molecule has 23 heavy (non-hydrogen) atoms. The number of aromatic nitrogens is 1. The first-order chi connectivity index (χ1) is 11.1. The molecule has 0 atom stereocenters. The summed E-state index contributed by atoms with van der Waals surface area (Å²) in [5.41, 5.74) is 3.14. The number of nitrogens with zero attached hydrogens (tertiary/aromatic N) is 1. The maximum atomic E-state index is 12.8. The summed E-state index contributed by atoms with van der Waals surface area (Å²) in [6.07, 6.45) is 0. The maximum Gasteiger partial charge on any atom is 0.262 e. The highest BCUT2D eigenvalue weighted by Gasteiger charge is 2.17. The zero-order valence-electron chi connectivity index (χ0n) is 11.9. The fourth-order valence-electron chi connectivity index (χ4n) is 2.56. The third-order valence-electron chi connectivity index (χ3n) is 3.62. The molecule has 0 aliphatic heterocycles. The Labute approximate surface area is 137 Å². The molecule has 0 saturated heterocycles. The molecule has 4 aromatic rings. The zero-order chi connectivity index (χ0) is 15.9. The third kappa shape index (κ3) is 2.56. The Bertz CT molecular complexity index is 1110. The maximum absolute atomic E-state index is 12.8. The Balaban J connectivity index is 1.80. The molecule has 3 aromatic carbocycles. The Kier molecular flexibility index (Phi) is 3.28. The van der Waals surface area contributed by atoms with Crippen molar-refractivity contribution in [3.63, 3.8) is 0 Å². The van der Waals surface area contributed by atoms with Crippen molar-refractivity contribution in [2.75, 3.05) is 4.72 Å². The van der Waals surface area contributed by atoms with Crippen LogP contribution < -0.4 is 4.72 Å². The summed E-state index contributed by atoms with van der Waals surface area (Å²) in [7, 11) is -3.66. The largest absolute Gasteiger partial charge is 0.280 e. The van der Waals surface area contributed by atoms with E-state index in [1.54, 1.807) is 29.8 Å². The van der Waals surface area contributed by atoms with E-state index in [4.69, 9.17) is 0 Å². The molecule has 1 heterocycles. The quantitative estimate of drug-likeness (QED) is 0.606. The van der Waals surface area contributed by atoms with Crippen molar-refractivity contribution < 1.29 is 8.42 Å². The number of anilines is 1. The molecule has 114 valence electrons. The SMILES string of the molecule is O=S(=O)(Nc1ccc2ncsc2c1)c1cccc2ccccc12. The summed E-state index contributed by atoms with van der Waals surface area (Å²) < 4.78 is 29.1. The van der Waals surface area contributed by atoms with Gasteiger partial charge in [0.05, 0.1) is 26.3 Å². The van der Waals surface area contributed by atoms with Gasteiger partial charge in [0.1, 0.15) is 0 Å². The first-order valence-corrected chi connectivity index (χ1v) is 9.34. The highest BCUT2D eigenvalue weighted by molar-refractivity contribution is 7.93. The minimum Gasteiger partial charge on any atom is -0.280 e. The van der Waals surface area contributed by atoms with E-state index in [-0.39, 0.29) is 4.90 Å².